The summed E-state index contributed by atoms with van der Waals surface area (Å²) in [5.41, 5.74) is 0.381. The van der Waals surface area contributed by atoms with E-state index >= 15 is 0 Å². The first kappa shape index (κ1) is 14.1. The van der Waals surface area contributed by atoms with Crippen LogP contribution in [0.3, 0.4) is 0 Å². The molecule has 0 aromatic heterocycles. The monoisotopic (exact) mass is 254 g/mol. The molecular formula is C12H15FN2O3. The van der Waals surface area contributed by atoms with Gasteiger partial charge in [-0.3, -0.25) is 14.5 Å². The van der Waals surface area contributed by atoms with E-state index in [9.17, 15) is 14.0 Å². The number of ether oxygens (including phenoxy) is 1. The van der Waals surface area contributed by atoms with Crippen LogP contribution in [0.2, 0.25) is 0 Å². The van der Waals surface area contributed by atoms with Crippen molar-refractivity contribution in [1.29, 1.82) is 0 Å². The Hall–Kier alpha value is -1.95. The van der Waals surface area contributed by atoms with Crippen molar-refractivity contribution in [3.05, 3.63) is 30.1 Å². The largest absolute Gasteiger partial charge is 0.468 e. The summed E-state index contributed by atoms with van der Waals surface area (Å²) in [4.78, 5) is 24.0. The molecule has 98 valence electrons. The third kappa shape index (κ3) is 4.92. The van der Waals surface area contributed by atoms with Gasteiger partial charge in [0.2, 0.25) is 5.91 Å². The van der Waals surface area contributed by atoms with E-state index in [4.69, 9.17) is 0 Å². The number of likely N-dealkylation sites (N-methyl/N-ethyl adjacent to an activating group) is 1. The van der Waals surface area contributed by atoms with Gasteiger partial charge in [-0.25, -0.2) is 4.39 Å². The van der Waals surface area contributed by atoms with Gasteiger partial charge in [-0.2, -0.15) is 0 Å². The lowest BCUT2D eigenvalue weighted by Crippen LogP contribution is -2.34. The molecule has 0 fully saturated rings. The Kier molecular flexibility index (Phi) is 5.26. The molecule has 0 aliphatic carbocycles. The van der Waals surface area contributed by atoms with Crippen molar-refractivity contribution in [2.24, 2.45) is 0 Å². The molecule has 0 atom stereocenters. The summed E-state index contributed by atoms with van der Waals surface area (Å²) in [7, 11) is 2.89. The Morgan fingerprint density at radius 2 is 2.11 bits per heavy atom. The third-order valence-electron chi connectivity index (χ3n) is 2.15. The summed E-state index contributed by atoms with van der Waals surface area (Å²) < 4.78 is 17.3. The van der Waals surface area contributed by atoms with Crippen LogP contribution in [0.25, 0.3) is 0 Å². The van der Waals surface area contributed by atoms with Gasteiger partial charge in [-0.05, 0) is 25.2 Å². The van der Waals surface area contributed by atoms with Gasteiger partial charge in [0, 0.05) is 5.69 Å². The fourth-order valence-electron chi connectivity index (χ4n) is 1.35. The molecule has 1 N–H and O–H groups in total. The zero-order valence-corrected chi connectivity index (χ0v) is 10.3. The number of esters is 1. The maximum atomic E-state index is 12.9. The molecule has 0 bridgehead atoms. The van der Waals surface area contributed by atoms with Crippen molar-refractivity contribution in [2.75, 3.05) is 32.6 Å². The number of anilines is 1. The van der Waals surface area contributed by atoms with Gasteiger partial charge in [0.1, 0.15) is 5.82 Å². The van der Waals surface area contributed by atoms with E-state index in [2.05, 4.69) is 10.1 Å². The molecule has 0 spiro atoms. The van der Waals surface area contributed by atoms with E-state index in [1.165, 1.54) is 30.2 Å². The first-order valence-electron chi connectivity index (χ1n) is 5.32. The molecule has 0 heterocycles. The topological polar surface area (TPSA) is 58.6 Å². The van der Waals surface area contributed by atoms with Crippen LogP contribution in [0.5, 0.6) is 0 Å². The molecule has 1 aromatic carbocycles. The number of nitrogens with one attached hydrogen (secondary N) is 1. The lowest BCUT2D eigenvalue weighted by atomic mass is 10.3. The summed E-state index contributed by atoms with van der Waals surface area (Å²) in [6.07, 6.45) is 0. The number of nitrogens with zero attached hydrogens (tertiary/aromatic N) is 1. The molecule has 0 radical (unpaired) electrons. The third-order valence-corrected chi connectivity index (χ3v) is 2.15. The first-order valence-corrected chi connectivity index (χ1v) is 5.32. The number of carbonyl (C=O) groups is 2. The second kappa shape index (κ2) is 6.70. The van der Waals surface area contributed by atoms with Crippen molar-refractivity contribution in [1.82, 2.24) is 4.90 Å². The highest BCUT2D eigenvalue weighted by Crippen LogP contribution is 2.08. The van der Waals surface area contributed by atoms with Crippen LogP contribution in [0.1, 0.15) is 0 Å². The Bertz CT molecular complexity index is 437. The molecule has 5 nitrogen and oxygen atoms in total. The molecule has 1 aromatic rings. The highest BCUT2D eigenvalue weighted by molar-refractivity contribution is 5.92. The van der Waals surface area contributed by atoms with Crippen molar-refractivity contribution >= 4 is 17.6 Å². The number of benzene rings is 1. The van der Waals surface area contributed by atoms with Gasteiger partial charge in [0.05, 0.1) is 20.2 Å². The Labute approximate surface area is 105 Å². The van der Waals surface area contributed by atoms with Crippen molar-refractivity contribution in [3.8, 4) is 0 Å². The molecule has 18 heavy (non-hydrogen) atoms. The van der Waals surface area contributed by atoms with Crippen LogP contribution in [-0.4, -0.2) is 44.0 Å². The molecule has 0 aliphatic heterocycles. The average Bonchev–Trinajstić information content (AvgIpc) is 2.28. The zero-order valence-electron chi connectivity index (χ0n) is 10.3. The fourth-order valence-corrected chi connectivity index (χ4v) is 1.35. The predicted molar refractivity (Wildman–Crippen MR) is 64.5 cm³/mol. The SMILES string of the molecule is COC(=O)CN(C)CC(=O)Nc1cccc(F)c1. The zero-order chi connectivity index (χ0) is 13.5. The standard InChI is InChI=1S/C12H15FN2O3/c1-15(8-12(17)18-2)7-11(16)14-10-5-3-4-9(13)6-10/h3-6H,7-8H2,1-2H3,(H,14,16). The predicted octanol–water partition coefficient (Wildman–Crippen LogP) is 0.869. The smallest absolute Gasteiger partial charge is 0.319 e. The number of carbonyl (C=O) groups excluding carboxylic acids is 2. The summed E-state index contributed by atoms with van der Waals surface area (Å²) in [6.45, 7) is 0.0404. The van der Waals surface area contributed by atoms with Gasteiger partial charge in [-0.1, -0.05) is 6.07 Å². The second-order valence-electron chi connectivity index (χ2n) is 3.81. The van der Waals surface area contributed by atoms with Crippen LogP contribution < -0.4 is 5.32 Å². The number of hydrogen-bond donors (Lipinski definition) is 1. The number of halogens is 1. The van der Waals surface area contributed by atoms with Crippen LogP contribution in [0.4, 0.5) is 10.1 Å². The van der Waals surface area contributed by atoms with Crippen molar-refractivity contribution in [2.45, 2.75) is 0 Å². The summed E-state index contributed by atoms with van der Waals surface area (Å²) in [5, 5.41) is 2.53. The van der Waals surface area contributed by atoms with Crippen molar-refractivity contribution in [3.63, 3.8) is 0 Å². The molecular weight excluding hydrogens is 239 g/mol. The Morgan fingerprint density at radius 3 is 2.72 bits per heavy atom. The van der Waals surface area contributed by atoms with E-state index in [0.717, 1.165) is 0 Å². The molecule has 1 amide bonds. The number of rotatable bonds is 5. The quantitative estimate of drug-likeness (QED) is 0.792. The minimum atomic E-state index is -0.421. The van der Waals surface area contributed by atoms with E-state index in [-0.39, 0.29) is 19.0 Å². The molecule has 6 heteroatoms. The Balaban J connectivity index is 2.44. The highest BCUT2D eigenvalue weighted by atomic mass is 19.1. The fraction of sp³-hybridized carbons (Fsp3) is 0.333. The summed E-state index contributed by atoms with van der Waals surface area (Å²) in [5.74, 6) is -1.17. The average molecular weight is 254 g/mol. The van der Waals surface area contributed by atoms with Gasteiger partial charge in [-0.15, -0.1) is 0 Å². The normalized spacial score (nSPS) is 10.2. The highest BCUT2D eigenvalue weighted by Gasteiger charge is 2.10. The Morgan fingerprint density at radius 1 is 1.39 bits per heavy atom. The van der Waals surface area contributed by atoms with Crippen molar-refractivity contribution < 1.29 is 18.7 Å². The van der Waals surface area contributed by atoms with Crippen LogP contribution in [0.15, 0.2) is 24.3 Å². The van der Waals surface area contributed by atoms with Gasteiger partial charge >= 0.3 is 5.97 Å². The maximum Gasteiger partial charge on any atom is 0.319 e. The van der Waals surface area contributed by atoms with Gasteiger partial charge < -0.3 is 10.1 Å². The summed E-state index contributed by atoms with van der Waals surface area (Å²) in [6, 6.07) is 5.60. The molecule has 0 saturated carbocycles. The number of amides is 1. The summed E-state index contributed by atoms with van der Waals surface area (Å²) >= 11 is 0. The molecule has 0 saturated heterocycles. The molecule has 0 aliphatic rings. The molecule has 0 unspecified atom stereocenters. The van der Waals surface area contributed by atoms with Gasteiger partial charge in [0.25, 0.3) is 0 Å². The minimum absolute atomic E-state index is 0.0195. The number of methoxy groups -OCH3 is 1. The first-order chi connectivity index (χ1) is 8.51. The lowest BCUT2D eigenvalue weighted by Gasteiger charge is -2.14. The van der Waals surface area contributed by atoms with E-state index in [1.807, 2.05) is 0 Å². The minimum Gasteiger partial charge on any atom is -0.468 e. The second-order valence-corrected chi connectivity index (χ2v) is 3.81. The van der Waals surface area contributed by atoms with Crippen LogP contribution in [-0.2, 0) is 14.3 Å². The lowest BCUT2D eigenvalue weighted by molar-refractivity contribution is -0.141. The van der Waals surface area contributed by atoms with Gasteiger partial charge in [0.15, 0.2) is 0 Å². The number of hydrogen-bond acceptors (Lipinski definition) is 4. The maximum absolute atomic E-state index is 12.9. The molecule has 1 rings (SSSR count). The van der Waals surface area contributed by atoms with E-state index < -0.39 is 11.8 Å². The van der Waals surface area contributed by atoms with Crippen LogP contribution in [0, 0.1) is 5.82 Å². The van der Waals surface area contributed by atoms with E-state index in [0.29, 0.717) is 5.69 Å². The van der Waals surface area contributed by atoms with Crippen LogP contribution >= 0.6 is 0 Å². The van der Waals surface area contributed by atoms with E-state index in [1.54, 1.807) is 13.1 Å².